The molecule has 16 heavy (non-hydrogen) atoms. The molecule has 2 heteroatoms. The number of hydrogen-bond acceptors (Lipinski definition) is 2. The normalized spacial score (nSPS) is 25.3. The first-order valence-electron chi connectivity index (χ1n) is 7.16. The van der Waals surface area contributed by atoms with Crippen LogP contribution in [0.25, 0.3) is 0 Å². The number of β-amino-alcohol motifs (C(OH)–C–C–N with tert-alkyl or cyclic N) is 1. The molecule has 0 radical (unpaired) electrons. The van der Waals surface area contributed by atoms with E-state index in [1.54, 1.807) is 0 Å². The van der Waals surface area contributed by atoms with Crippen molar-refractivity contribution in [3.63, 3.8) is 0 Å². The van der Waals surface area contributed by atoms with Gasteiger partial charge in [-0.15, -0.1) is 0 Å². The summed E-state index contributed by atoms with van der Waals surface area (Å²) in [5.41, 5.74) is 0. The Morgan fingerprint density at radius 3 is 2.69 bits per heavy atom. The van der Waals surface area contributed by atoms with Crippen LogP contribution in [-0.4, -0.2) is 35.7 Å². The highest BCUT2D eigenvalue weighted by Gasteiger charge is 2.17. The molecule has 1 N–H and O–H groups in total. The molecule has 2 nitrogen and oxygen atoms in total. The summed E-state index contributed by atoms with van der Waals surface area (Å²) in [6, 6.07) is 0. The van der Waals surface area contributed by atoms with Crippen molar-refractivity contribution < 1.29 is 5.11 Å². The molecule has 0 bridgehead atoms. The molecule has 1 heterocycles. The van der Waals surface area contributed by atoms with Gasteiger partial charge in [0.15, 0.2) is 0 Å². The van der Waals surface area contributed by atoms with E-state index in [1.165, 1.54) is 45.2 Å². The molecule has 1 fully saturated rings. The third-order valence-corrected chi connectivity index (χ3v) is 3.73. The standard InChI is InChI=1S/C14H29NO/c1-3-6-13-8-5-10-15(11-9-13)12-14(16)7-4-2/h13-14,16H,3-12H2,1-2H3. The van der Waals surface area contributed by atoms with E-state index in [2.05, 4.69) is 18.7 Å². The number of aliphatic hydroxyl groups is 1. The van der Waals surface area contributed by atoms with Gasteiger partial charge in [-0.05, 0) is 44.7 Å². The number of rotatable bonds is 6. The Balaban J connectivity index is 2.24. The van der Waals surface area contributed by atoms with Gasteiger partial charge < -0.3 is 10.0 Å². The highest BCUT2D eigenvalue weighted by Crippen LogP contribution is 2.22. The maximum Gasteiger partial charge on any atom is 0.0667 e. The molecule has 1 saturated heterocycles. The van der Waals surface area contributed by atoms with Crippen molar-refractivity contribution in [3.8, 4) is 0 Å². The molecule has 1 aliphatic rings. The van der Waals surface area contributed by atoms with Gasteiger partial charge in [-0.1, -0.05) is 33.1 Å². The van der Waals surface area contributed by atoms with Crippen LogP contribution >= 0.6 is 0 Å². The van der Waals surface area contributed by atoms with Gasteiger partial charge >= 0.3 is 0 Å². The number of hydrogen-bond donors (Lipinski definition) is 1. The second-order valence-corrected chi connectivity index (χ2v) is 5.33. The lowest BCUT2D eigenvalue weighted by atomic mass is 9.96. The summed E-state index contributed by atoms with van der Waals surface area (Å²) >= 11 is 0. The highest BCUT2D eigenvalue weighted by atomic mass is 16.3. The molecular formula is C14H29NO. The fourth-order valence-corrected chi connectivity index (χ4v) is 2.83. The van der Waals surface area contributed by atoms with Crippen molar-refractivity contribution in [2.24, 2.45) is 5.92 Å². The lowest BCUT2D eigenvalue weighted by molar-refractivity contribution is 0.106. The first-order valence-corrected chi connectivity index (χ1v) is 7.16. The molecular weight excluding hydrogens is 198 g/mol. The van der Waals surface area contributed by atoms with Crippen LogP contribution < -0.4 is 0 Å². The molecule has 0 saturated carbocycles. The third-order valence-electron chi connectivity index (χ3n) is 3.73. The molecule has 0 aromatic carbocycles. The van der Waals surface area contributed by atoms with Crippen molar-refractivity contribution in [3.05, 3.63) is 0 Å². The molecule has 0 spiro atoms. The monoisotopic (exact) mass is 227 g/mol. The van der Waals surface area contributed by atoms with Crippen LogP contribution in [0.1, 0.15) is 58.8 Å². The van der Waals surface area contributed by atoms with Crippen molar-refractivity contribution in [2.75, 3.05) is 19.6 Å². The Morgan fingerprint density at radius 1 is 1.19 bits per heavy atom. The zero-order valence-corrected chi connectivity index (χ0v) is 11.1. The molecule has 96 valence electrons. The van der Waals surface area contributed by atoms with Gasteiger partial charge in [-0.25, -0.2) is 0 Å². The number of likely N-dealkylation sites (tertiary alicyclic amines) is 1. The van der Waals surface area contributed by atoms with Crippen LogP contribution in [0.5, 0.6) is 0 Å². The van der Waals surface area contributed by atoms with Gasteiger partial charge in [-0.2, -0.15) is 0 Å². The third kappa shape index (κ3) is 5.31. The van der Waals surface area contributed by atoms with Crippen molar-refractivity contribution >= 4 is 0 Å². The fraction of sp³-hybridized carbons (Fsp3) is 1.00. The van der Waals surface area contributed by atoms with Crippen LogP contribution in [0.3, 0.4) is 0 Å². The minimum atomic E-state index is -0.104. The molecule has 0 aromatic heterocycles. The Bertz CT molecular complexity index is 172. The van der Waals surface area contributed by atoms with E-state index in [0.29, 0.717) is 0 Å². The van der Waals surface area contributed by atoms with E-state index in [1.807, 2.05) is 0 Å². The Morgan fingerprint density at radius 2 is 2.00 bits per heavy atom. The van der Waals surface area contributed by atoms with Crippen LogP contribution in [-0.2, 0) is 0 Å². The second-order valence-electron chi connectivity index (χ2n) is 5.33. The Hall–Kier alpha value is -0.0800. The van der Waals surface area contributed by atoms with Gasteiger partial charge in [0, 0.05) is 6.54 Å². The van der Waals surface area contributed by atoms with Crippen molar-refractivity contribution in [2.45, 2.75) is 64.9 Å². The van der Waals surface area contributed by atoms with Gasteiger partial charge in [-0.3, -0.25) is 0 Å². The van der Waals surface area contributed by atoms with Crippen LogP contribution in [0, 0.1) is 5.92 Å². The number of nitrogens with zero attached hydrogens (tertiary/aromatic N) is 1. The Labute approximate surface area is 101 Å². The Kier molecular flexibility index (Phi) is 7.06. The summed E-state index contributed by atoms with van der Waals surface area (Å²) < 4.78 is 0. The van der Waals surface area contributed by atoms with E-state index in [-0.39, 0.29) is 6.10 Å². The van der Waals surface area contributed by atoms with Gasteiger partial charge in [0.1, 0.15) is 0 Å². The summed E-state index contributed by atoms with van der Waals surface area (Å²) in [4.78, 5) is 2.47. The first-order chi connectivity index (χ1) is 7.76. The van der Waals surface area contributed by atoms with Crippen LogP contribution in [0.15, 0.2) is 0 Å². The van der Waals surface area contributed by atoms with Crippen molar-refractivity contribution in [1.29, 1.82) is 0 Å². The zero-order chi connectivity index (χ0) is 11.8. The van der Waals surface area contributed by atoms with E-state index in [0.717, 1.165) is 25.3 Å². The van der Waals surface area contributed by atoms with E-state index < -0.39 is 0 Å². The van der Waals surface area contributed by atoms with E-state index in [9.17, 15) is 5.11 Å². The van der Waals surface area contributed by atoms with E-state index in [4.69, 9.17) is 0 Å². The molecule has 0 amide bonds. The van der Waals surface area contributed by atoms with Crippen molar-refractivity contribution in [1.82, 2.24) is 4.90 Å². The summed E-state index contributed by atoms with van der Waals surface area (Å²) in [6.07, 6.45) is 8.72. The second kappa shape index (κ2) is 8.08. The average Bonchev–Trinajstić information content (AvgIpc) is 2.45. The molecule has 1 aliphatic heterocycles. The van der Waals surface area contributed by atoms with E-state index >= 15 is 0 Å². The highest BCUT2D eigenvalue weighted by molar-refractivity contribution is 4.72. The SMILES string of the molecule is CCCC(O)CN1CCCC(CCC)CC1. The lowest BCUT2D eigenvalue weighted by Crippen LogP contribution is -2.33. The summed E-state index contributed by atoms with van der Waals surface area (Å²) in [5.74, 6) is 0.943. The minimum absolute atomic E-state index is 0.104. The summed E-state index contributed by atoms with van der Waals surface area (Å²) in [5, 5.41) is 9.82. The van der Waals surface area contributed by atoms with Gasteiger partial charge in [0.25, 0.3) is 0 Å². The quantitative estimate of drug-likeness (QED) is 0.754. The maximum absolute atomic E-state index is 9.82. The number of aliphatic hydroxyl groups excluding tert-OH is 1. The predicted molar refractivity (Wildman–Crippen MR) is 69.6 cm³/mol. The molecule has 0 aromatic rings. The van der Waals surface area contributed by atoms with Crippen LogP contribution in [0.4, 0.5) is 0 Å². The molecule has 2 unspecified atom stereocenters. The topological polar surface area (TPSA) is 23.5 Å². The first kappa shape index (κ1) is 14.0. The van der Waals surface area contributed by atoms with Gasteiger partial charge in [0.2, 0.25) is 0 Å². The van der Waals surface area contributed by atoms with Crippen LogP contribution in [0.2, 0.25) is 0 Å². The largest absolute Gasteiger partial charge is 0.392 e. The molecule has 1 rings (SSSR count). The molecule has 2 atom stereocenters. The minimum Gasteiger partial charge on any atom is -0.392 e. The van der Waals surface area contributed by atoms with Gasteiger partial charge in [0.05, 0.1) is 6.10 Å². The predicted octanol–water partition coefficient (Wildman–Crippen LogP) is 3.05. The fourth-order valence-electron chi connectivity index (χ4n) is 2.83. The zero-order valence-electron chi connectivity index (χ0n) is 11.1. The molecule has 0 aliphatic carbocycles. The summed E-state index contributed by atoms with van der Waals surface area (Å²) in [7, 11) is 0. The maximum atomic E-state index is 9.82. The smallest absolute Gasteiger partial charge is 0.0667 e. The average molecular weight is 227 g/mol. The summed E-state index contributed by atoms with van der Waals surface area (Å²) in [6.45, 7) is 7.72. The lowest BCUT2D eigenvalue weighted by Gasteiger charge is -2.23.